The van der Waals surface area contributed by atoms with E-state index in [1.54, 1.807) is 0 Å². The number of carbonyl (C=O) groups excluding carboxylic acids is 2. The third-order valence-electron chi connectivity index (χ3n) is 1.58. The van der Waals surface area contributed by atoms with Gasteiger partial charge < -0.3 is 10.2 Å². The summed E-state index contributed by atoms with van der Waals surface area (Å²) < 4.78 is 0. The molecule has 61 valence electrons. The van der Waals surface area contributed by atoms with Crippen molar-refractivity contribution in [1.82, 2.24) is 10.2 Å². The minimum atomic E-state index is -0.496. The van der Waals surface area contributed by atoms with Crippen LogP contribution in [0.5, 0.6) is 0 Å². The zero-order valence-electron chi connectivity index (χ0n) is 6.30. The Kier molecular flexibility index (Phi) is 2.46. The molecular weight excluding hydrogens is 144 g/mol. The van der Waals surface area contributed by atoms with Crippen molar-refractivity contribution in [2.24, 2.45) is 0 Å². The number of hydrogen-bond acceptors (Lipinski definition) is 2. The van der Waals surface area contributed by atoms with E-state index >= 15 is 0 Å². The molecule has 1 radical (unpaired) electrons. The van der Waals surface area contributed by atoms with Crippen LogP contribution in [0.15, 0.2) is 0 Å². The lowest BCUT2D eigenvalue weighted by atomic mass is 10.3. The number of rotatable bonds is 2. The number of piperazine rings is 1. The van der Waals surface area contributed by atoms with E-state index in [1.165, 1.54) is 4.90 Å². The van der Waals surface area contributed by atoms with Gasteiger partial charge in [-0.25, -0.2) is 0 Å². The third-order valence-corrected chi connectivity index (χ3v) is 1.58. The number of hydrogen-bond donors (Lipinski definition) is 1. The number of amides is 2. The highest BCUT2D eigenvalue weighted by Gasteiger charge is 2.24. The zero-order valence-corrected chi connectivity index (χ0v) is 6.30. The predicted molar refractivity (Wildman–Crippen MR) is 39.6 cm³/mol. The Morgan fingerprint density at radius 1 is 1.55 bits per heavy atom. The Morgan fingerprint density at radius 3 is 2.91 bits per heavy atom. The standard InChI is InChI=1S/C7H11N2O2/c1-2-4-9-5-3-8-6(10)7(9)11/h1-5H2,(H,8,10). The molecule has 11 heavy (non-hydrogen) atoms. The number of carbonyl (C=O) groups is 2. The summed E-state index contributed by atoms with van der Waals surface area (Å²) in [6.07, 6.45) is 0.652. The monoisotopic (exact) mass is 155 g/mol. The molecule has 1 aliphatic heterocycles. The van der Waals surface area contributed by atoms with Gasteiger partial charge in [-0.05, 0) is 6.42 Å². The van der Waals surface area contributed by atoms with Crippen LogP contribution in [-0.4, -0.2) is 36.3 Å². The molecule has 0 atom stereocenters. The second-order valence-electron chi connectivity index (χ2n) is 2.40. The first kappa shape index (κ1) is 8.04. The second kappa shape index (κ2) is 3.37. The normalized spacial score (nSPS) is 18.5. The van der Waals surface area contributed by atoms with Gasteiger partial charge in [0.25, 0.3) is 0 Å². The van der Waals surface area contributed by atoms with Gasteiger partial charge >= 0.3 is 11.8 Å². The van der Waals surface area contributed by atoms with Gasteiger partial charge in [0.05, 0.1) is 0 Å². The zero-order chi connectivity index (χ0) is 8.27. The van der Waals surface area contributed by atoms with Crippen molar-refractivity contribution >= 4 is 11.8 Å². The maximum absolute atomic E-state index is 11.0. The summed E-state index contributed by atoms with van der Waals surface area (Å²) in [6.45, 7) is 5.36. The summed E-state index contributed by atoms with van der Waals surface area (Å²) in [4.78, 5) is 23.3. The maximum atomic E-state index is 11.0. The van der Waals surface area contributed by atoms with E-state index in [4.69, 9.17) is 0 Å². The first-order valence-electron chi connectivity index (χ1n) is 3.62. The molecule has 0 aromatic heterocycles. The molecule has 0 bridgehead atoms. The van der Waals surface area contributed by atoms with Crippen molar-refractivity contribution in [1.29, 1.82) is 0 Å². The van der Waals surface area contributed by atoms with Gasteiger partial charge in [-0.3, -0.25) is 9.59 Å². The van der Waals surface area contributed by atoms with Crippen LogP contribution in [0, 0.1) is 6.92 Å². The van der Waals surface area contributed by atoms with E-state index in [1.807, 2.05) is 0 Å². The van der Waals surface area contributed by atoms with E-state index in [2.05, 4.69) is 12.2 Å². The number of nitrogens with one attached hydrogen (secondary N) is 1. The van der Waals surface area contributed by atoms with Crippen LogP contribution in [0.1, 0.15) is 6.42 Å². The molecule has 4 nitrogen and oxygen atoms in total. The molecule has 1 rings (SSSR count). The van der Waals surface area contributed by atoms with E-state index < -0.39 is 11.8 Å². The molecule has 0 unspecified atom stereocenters. The molecule has 2 amide bonds. The molecule has 0 aliphatic carbocycles. The number of nitrogens with zero attached hydrogens (tertiary/aromatic N) is 1. The highest BCUT2D eigenvalue weighted by Crippen LogP contribution is 1.96. The fourth-order valence-corrected chi connectivity index (χ4v) is 1.03. The molecule has 4 heteroatoms. The van der Waals surface area contributed by atoms with Crippen LogP contribution in [0.25, 0.3) is 0 Å². The summed E-state index contributed by atoms with van der Waals surface area (Å²) in [5.74, 6) is -0.926. The van der Waals surface area contributed by atoms with Crippen LogP contribution in [0.4, 0.5) is 0 Å². The fraction of sp³-hybridized carbons (Fsp3) is 0.571. The summed E-state index contributed by atoms with van der Waals surface area (Å²) in [5.41, 5.74) is 0. The largest absolute Gasteiger partial charge is 0.346 e. The molecular formula is C7H11N2O2. The highest BCUT2D eigenvalue weighted by molar-refractivity contribution is 6.35. The first-order valence-corrected chi connectivity index (χ1v) is 3.62. The van der Waals surface area contributed by atoms with Gasteiger partial charge in [-0.2, -0.15) is 0 Å². The molecule has 1 aliphatic rings. The van der Waals surface area contributed by atoms with Gasteiger partial charge in [-0.1, -0.05) is 6.92 Å². The molecule has 1 fully saturated rings. The molecule has 0 aromatic rings. The Morgan fingerprint density at radius 2 is 2.27 bits per heavy atom. The third kappa shape index (κ3) is 1.69. The Hall–Kier alpha value is -1.06. The summed E-state index contributed by atoms with van der Waals surface area (Å²) >= 11 is 0. The van der Waals surface area contributed by atoms with Gasteiger partial charge in [0.1, 0.15) is 0 Å². The average molecular weight is 155 g/mol. The van der Waals surface area contributed by atoms with Crippen molar-refractivity contribution in [3.63, 3.8) is 0 Å². The van der Waals surface area contributed by atoms with Crippen LogP contribution in [-0.2, 0) is 9.59 Å². The van der Waals surface area contributed by atoms with Crippen molar-refractivity contribution < 1.29 is 9.59 Å². The minimum Gasteiger partial charge on any atom is -0.346 e. The lowest BCUT2D eigenvalue weighted by Gasteiger charge is -2.25. The van der Waals surface area contributed by atoms with Gasteiger partial charge in [-0.15, -0.1) is 0 Å². The van der Waals surface area contributed by atoms with Crippen molar-refractivity contribution in [3.05, 3.63) is 6.92 Å². The lowest BCUT2D eigenvalue weighted by Crippen LogP contribution is -2.52. The molecule has 1 saturated heterocycles. The fourth-order valence-electron chi connectivity index (χ4n) is 1.03. The van der Waals surface area contributed by atoms with Crippen molar-refractivity contribution in [2.75, 3.05) is 19.6 Å². The molecule has 1 N–H and O–H groups in total. The summed E-state index contributed by atoms with van der Waals surface area (Å²) in [6, 6.07) is 0. The van der Waals surface area contributed by atoms with Crippen molar-refractivity contribution in [2.45, 2.75) is 6.42 Å². The molecule has 0 aromatic carbocycles. The maximum Gasteiger partial charge on any atom is 0.311 e. The predicted octanol–water partition coefficient (Wildman–Crippen LogP) is -0.831. The van der Waals surface area contributed by atoms with Crippen LogP contribution in [0.2, 0.25) is 0 Å². The topological polar surface area (TPSA) is 49.4 Å². The quantitative estimate of drug-likeness (QED) is 0.529. The minimum absolute atomic E-state index is 0.431. The lowest BCUT2D eigenvalue weighted by molar-refractivity contribution is -0.148. The van der Waals surface area contributed by atoms with Crippen molar-refractivity contribution in [3.8, 4) is 0 Å². The van der Waals surface area contributed by atoms with E-state index in [0.29, 0.717) is 26.1 Å². The van der Waals surface area contributed by atoms with Crippen LogP contribution in [0.3, 0.4) is 0 Å². The SMILES string of the molecule is [CH2]CCN1CCNC(=O)C1=O. The Balaban J connectivity index is 2.51. The smallest absolute Gasteiger partial charge is 0.311 e. The summed E-state index contributed by atoms with van der Waals surface area (Å²) in [7, 11) is 0. The van der Waals surface area contributed by atoms with E-state index in [9.17, 15) is 9.59 Å². The Labute approximate surface area is 65.6 Å². The average Bonchev–Trinajstić information content (AvgIpc) is 1.99. The van der Waals surface area contributed by atoms with Crippen LogP contribution >= 0.6 is 0 Å². The van der Waals surface area contributed by atoms with Gasteiger partial charge in [0.15, 0.2) is 0 Å². The molecule has 0 saturated carbocycles. The van der Waals surface area contributed by atoms with E-state index in [0.717, 1.165) is 0 Å². The molecule has 1 heterocycles. The first-order chi connectivity index (χ1) is 5.25. The molecule has 0 spiro atoms. The second-order valence-corrected chi connectivity index (χ2v) is 2.40. The van der Waals surface area contributed by atoms with Gasteiger partial charge in [0.2, 0.25) is 0 Å². The van der Waals surface area contributed by atoms with Crippen LogP contribution < -0.4 is 5.32 Å². The summed E-state index contributed by atoms with van der Waals surface area (Å²) in [5, 5.41) is 2.47. The van der Waals surface area contributed by atoms with E-state index in [-0.39, 0.29) is 0 Å². The Bertz CT molecular complexity index is 177. The van der Waals surface area contributed by atoms with Gasteiger partial charge in [0, 0.05) is 19.6 Å². The highest BCUT2D eigenvalue weighted by atomic mass is 16.2.